The number of likely N-dealkylation sites (N-methyl/N-ethyl adjacent to an activating group) is 1. The third-order valence-electron chi connectivity index (χ3n) is 5.19. The molecule has 162 valence electrons. The predicted octanol–water partition coefficient (Wildman–Crippen LogP) is 1.65. The number of nitro benzene ring substituents is 1. The molecule has 3 rings (SSSR count). The molecule has 2 N–H and O–H groups in total. The van der Waals surface area contributed by atoms with Gasteiger partial charge in [-0.2, -0.15) is 0 Å². The van der Waals surface area contributed by atoms with Crippen molar-refractivity contribution in [1.82, 2.24) is 0 Å². The number of nitro groups is 1. The fraction of sp³-hybridized carbons (Fsp3) is 0.500. The molecule has 30 heavy (non-hydrogen) atoms. The number of anilines is 1. The van der Waals surface area contributed by atoms with Crippen LogP contribution in [0.3, 0.4) is 0 Å². The highest BCUT2D eigenvalue weighted by atomic mass is 35.5. The molecule has 0 radical (unpaired) electrons. The highest BCUT2D eigenvalue weighted by Gasteiger charge is 2.28. The Morgan fingerprint density at radius 1 is 1.43 bits per heavy atom. The number of nitrogens with one attached hydrogen (secondary N) is 1. The van der Waals surface area contributed by atoms with E-state index in [2.05, 4.69) is 12.0 Å². The lowest BCUT2D eigenvalue weighted by Gasteiger charge is -2.31. The molecular formula is C20H26ClN4O5+. The van der Waals surface area contributed by atoms with Gasteiger partial charge in [-0.25, -0.2) is 4.79 Å². The molecule has 1 saturated heterocycles. The Morgan fingerprint density at radius 3 is 2.67 bits per heavy atom. The average molecular weight is 438 g/mol. The SMILES string of the molecule is CCOC(=O)/C(C=NC1CC1)=C(\O)c1cc([N+](=O)[O-])c(N2CC[NH+](C)CC2)cc1Cl. The first-order valence-electron chi connectivity index (χ1n) is 9.99. The van der Waals surface area contributed by atoms with Gasteiger partial charge in [0, 0.05) is 17.8 Å². The van der Waals surface area contributed by atoms with Crippen LogP contribution in [0.15, 0.2) is 22.7 Å². The van der Waals surface area contributed by atoms with Crippen molar-refractivity contribution in [3.8, 4) is 0 Å². The number of rotatable bonds is 7. The highest BCUT2D eigenvalue weighted by Crippen LogP contribution is 2.37. The monoisotopic (exact) mass is 437 g/mol. The first-order chi connectivity index (χ1) is 14.3. The highest BCUT2D eigenvalue weighted by molar-refractivity contribution is 6.33. The first kappa shape index (κ1) is 22.0. The summed E-state index contributed by atoms with van der Waals surface area (Å²) in [5, 5.41) is 22.7. The van der Waals surface area contributed by atoms with Crippen LogP contribution < -0.4 is 9.80 Å². The largest absolute Gasteiger partial charge is 0.506 e. The maximum Gasteiger partial charge on any atom is 0.343 e. The quantitative estimate of drug-likeness (QED) is 0.168. The van der Waals surface area contributed by atoms with Gasteiger partial charge in [0.15, 0.2) is 0 Å². The van der Waals surface area contributed by atoms with Crippen LogP contribution in [-0.2, 0) is 9.53 Å². The zero-order chi connectivity index (χ0) is 21.8. The van der Waals surface area contributed by atoms with Crippen molar-refractivity contribution in [2.24, 2.45) is 4.99 Å². The van der Waals surface area contributed by atoms with Crippen molar-refractivity contribution in [1.29, 1.82) is 0 Å². The van der Waals surface area contributed by atoms with Gasteiger partial charge in [-0.05, 0) is 25.8 Å². The number of halogens is 1. The lowest BCUT2D eigenvalue weighted by atomic mass is 10.1. The number of piperazine rings is 1. The van der Waals surface area contributed by atoms with Crippen LogP contribution in [0.25, 0.3) is 5.76 Å². The van der Waals surface area contributed by atoms with Crippen LogP contribution in [0, 0.1) is 10.1 Å². The molecule has 0 aromatic heterocycles. The molecule has 2 fully saturated rings. The number of hydrogen-bond acceptors (Lipinski definition) is 7. The van der Waals surface area contributed by atoms with Gasteiger partial charge in [-0.3, -0.25) is 15.1 Å². The third kappa shape index (κ3) is 5.09. The van der Waals surface area contributed by atoms with Gasteiger partial charge in [0.2, 0.25) is 0 Å². The van der Waals surface area contributed by atoms with Gasteiger partial charge in [0.25, 0.3) is 5.69 Å². The number of aliphatic hydroxyl groups is 1. The fourth-order valence-electron chi connectivity index (χ4n) is 3.23. The number of aliphatic imine (C=N–C) groups is 1. The summed E-state index contributed by atoms with van der Waals surface area (Å²) in [5.41, 5.74) is 0.0503. The standard InChI is InChI=1S/C20H25ClN4O5/c1-3-30-20(27)15(12-22-13-4-5-13)19(26)14-10-18(25(28)29)17(11-16(14)21)24-8-6-23(2)7-9-24/h10-13,26H,3-9H2,1-2H3/p+1/b19-15-,22-12?. The van der Waals surface area contributed by atoms with Crippen LogP contribution in [-0.4, -0.2) is 68.1 Å². The van der Waals surface area contributed by atoms with E-state index in [0.717, 1.165) is 25.9 Å². The van der Waals surface area contributed by atoms with Crippen LogP contribution in [0.2, 0.25) is 5.02 Å². The molecule has 0 spiro atoms. The van der Waals surface area contributed by atoms with Crippen molar-refractivity contribution in [3.63, 3.8) is 0 Å². The van der Waals surface area contributed by atoms with Crippen LogP contribution in [0.4, 0.5) is 11.4 Å². The van der Waals surface area contributed by atoms with Gasteiger partial charge >= 0.3 is 5.97 Å². The Labute approximate surface area is 179 Å². The number of aliphatic hydroxyl groups excluding tert-OH is 1. The lowest BCUT2D eigenvalue weighted by Crippen LogP contribution is -3.12. The molecule has 0 bridgehead atoms. The normalized spacial score (nSPS) is 18.4. The topological polar surface area (TPSA) is 110 Å². The molecule has 0 amide bonds. The Balaban J connectivity index is 2.04. The molecule has 0 unspecified atom stereocenters. The van der Waals surface area contributed by atoms with E-state index < -0.39 is 16.7 Å². The van der Waals surface area contributed by atoms with Crippen LogP contribution >= 0.6 is 11.6 Å². The summed E-state index contributed by atoms with van der Waals surface area (Å²) in [6, 6.07) is 2.81. The van der Waals surface area contributed by atoms with Crippen molar-refractivity contribution in [3.05, 3.63) is 38.4 Å². The van der Waals surface area contributed by atoms with E-state index in [4.69, 9.17) is 16.3 Å². The summed E-state index contributed by atoms with van der Waals surface area (Å²) in [5.74, 6) is -1.25. The van der Waals surface area contributed by atoms with Crippen molar-refractivity contribution in [2.75, 3.05) is 44.7 Å². The molecule has 1 aromatic carbocycles. The summed E-state index contributed by atoms with van der Waals surface area (Å²) < 4.78 is 5.01. The summed E-state index contributed by atoms with van der Waals surface area (Å²) in [6.45, 7) is 4.79. The zero-order valence-electron chi connectivity index (χ0n) is 17.1. The second-order valence-electron chi connectivity index (χ2n) is 7.51. The zero-order valence-corrected chi connectivity index (χ0v) is 17.8. The minimum Gasteiger partial charge on any atom is -0.506 e. The number of esters is 1. The minimum atomic E-state index is -0.760. The van der Waals surface area contributed by atoms with E-state index in [0.29, 0.717) is 18.8 Å². The summed E-state index contributed by atoms with van der Waals surface area (Å²) in [6.07, 6.45) is 3.10. The third-order valence-corrected chi connectivity index (χ3v) is 5.50. The summed E-state index contributed by atoms with van der Waals surface area (Å²) in [7, 11) is 2.07. The van der Waals surface area contributed by atoms with E-state index in [9.17, 15) is 20.0 Å². The van der Waals surface area contributed by atoms with E-state index in [1.807, 2.05) is 4.90 Å². The first-order valence-corrected chi connectivity index (χ1v) is 10.4. The Hall–Kier alpha value is -2.65. The second-order valence-corrected chi connectivity index (χ2v) is 7.92. The van der Waals surface area contributed by atoms with E-state index in [1.165, 1.54) is 23.2 Å². The Morgan fingerprint density at radius 2 is 2.10 bits per heavy atom. The van der Waals surface area contributed by atoms with E-state index in [1.54, 1.807) is 6.92 Å². The minimum absolute atomic E-state index is 0.00262. The number of carbonyl (C=O) groups is 1. The fourth-order valence-corrected chi connectivity index (χ4v) is 3.48. The number of hydrogen-bond donors (Lipinski definition) is 2. The van der Waals surface area contributed by atoms with Crippen LogP contribution in [0.5, 0.6) is 0 Å². The maximum absolute atomic E-state index is 12.3. The molecule has 1 aliphatic heterocycles. The maximum atomic E-state index is 12.3. The number of nitrogens with zero attached hydrogens (tertiary/aromatic N) is 3. The van der Waals surface area contributed by atoms with Crippen LogP contribution in [0.1, 0.15) is 25.3 Å². The molecule has 0 atom stereocenters. The number of carbonyl (C=O) groups excluding carboxylic acids is 1. The molecule has 1 aromatic rings. The van der Waals surface area contributed by atoms with Gasteiger partial charge in [-0.15, -0.1) is 0 Å². The van der Waals surface area contributed by atoms with Gasteiger partial charge in [-0.1, -0.05) is 11.6 Å². The van der Waals surface area contributed by atoms with Crippen molar-refractivity contribution < 1.29 is 24.5 Å². The molecule has 9 nitrogen and oxygen atoms in total. The van der Waals surface area contributed by atoms with E-state index >= 15 is 0 Å². The van der Waals surface area contributed by atoms with Gasteiger partial charge in [0.1, 0.15) is 17.0 Å². The number of benzene rings is 1. The van der Waals surface area contributed by atoms with Crippen molar-refractivity contribution >= 4 is 40.9 Å². The summed E-state index contributed by atoms with van der Waals surface area (Å²) in [4.78, 5) is 31.1. The molecular weight excluding hydrogens is 412 g/mol. The molecule has 1 aliphatic carbocycles. The smallest absolute Gasteiger partial charge is 0.343 e. The predicted molar refractivity (Wildman–Crippen MR) is 115 cm³/mol. The van der Waals surface area contributed by atoms with Crippen molar-refractivity contribution in [2.45, 2.75) is 25.8 Å². The summed E-state index contributed by atoms with van der Waals surface area (Å²) >= 11 is 6.40. The van der Waals surface area contributed by atoms with Gasteiger partial charge in [0.05, 0.1) is 55.8 Å². The Kier molecular flexibility index (Phi) is 6.94. The average Bonchev–Trinajstić information content (AvgIpc) is 3.53. The second kappa shape index (κ2) is 9.44. The molecule has 1 saturated carbocycles. The molecule has 2 aliphatic rings. The molecule has 10 heteroatoms. The number of ether oxygens (including phenoxy) is 1. The number of quaternary nitrogens is 1. The van der Waals surface area contributed by atoms with Gasteiger partial charge < -0.3 is 19.6 Å². The Bertz CT molecular complexity index is 889. The molecule has 1 heterocycles. The lowest BCUT2D eigenvalue weighted by molar-refractivity contribution is -0.880. The van der Waals surface area contributed by atoms with E-state index in [-0.39, 0.29) is 34.5 Å².